The van der Waals surface area contributed by atoms with Gasteiger partial charge in [0.2, 0.25) is 0 Å². The zero-order valence-corrected chi connectivity index (χ0v) is 15.6. The standard InChI is InChI=1S/C20H30O5/c1-15(2)20-12-8-16(17(21)24-20)7-5-10-19(4,25-23)11-6-9-18(3,22)13-14-20/h6-7,11,13-15,22-23H,5,8-10,12H2,1-4H3/b11-6+,14-13+,16-7+/t18-,19-,20-/m1/s1. The topological polar surface area (TPSA) is 76.0 Å². The summed E-state index contributed by atoms with van der Waals surface area (Å²) in [5.41, 5.74) is -1.96. The summed E-state index contributed by atoms with van der Waals surface area (Å²) in [5.74, 6) is -0.192. The molecule has 5 nitrogen and oxygen atoms in total. The first kappa shape index (κ1) is 19.9. The summed E-state index contributed by atoms with van der Waals surface area (Å²) in [5, 5.41) is 19.8. The lowest BCUT2D eigenvalue weighted by atomic mass is 9.80. The van der Waals surface area contributed by atoms with E-state index in [0.717, 1.165) is 0 Å². The molecule has 2 N–H and O–H groups in total. The first-order chi connectivity index (χ1) is 11.6. The molecule has 1 aliphatic carbocycles. The lowest BCUT2D eigenvalue weighted by Gasteiger charge is -2.39. The van der Waals surface area contributed by atoms with E-state index in [2.05, 4.69) is 4.89 Å². The van der Waals surface area contributed by atoms with Crippen molar-refractivity contribution in [2.75, 3.05) is 0 Å². The molecule has 140 valence electrons. The van der Waals surface area contributed by atoms with Gasteiger partial charge in [-0.05, 0) is 57.9 Å². The van der Waals surface area contributed by atoms with E-state index in [9.17, 15) is 15.2 Å². The van der Waals surface area contributed by atoms with Crippen LogP contribution in [-0.4, -0.2) is 33.1 Å². The van der Waals surface area contributed by atoms with Gasteiger partial charge in [-0.25, -0.2) is 9.68 Å². The minimum absolute atomic E-state index is 0.111. The van der Waals surface area contributed by atoms with Crippen molar-refractivity contribution in [2.45, 2.75) is 76.6 Å². The molecule has 2 bridgehead atoms. The Bertz CT molecular complexity index is 587. The quantitative estimate of drug-likeness (QED) is 0.341. The molecule has 3 rings (SSSR count). The van der Waals surface area contributed by atoms with E-state index in [1.807, 2.05) is 32.1 Å². The fourth-order valence-electron chi connectivity index (χ4n) is 3.25. The molecule has 0 saturated carbocycles. The van der Waals surface area contributed by atoms with Gasteiger partial charge in [0.25, 0.3) is 0 Å². The highest BCUT2D eigenvalue weighted by atomic mass is 17.1. The van der Waals surface area contributed by atoms with Crippen LogP contribution >= 0.6 is 0 Å². The zero-order chi connectivity index (χ0) is 18.7. The Morgan fingerprint density at radius 1 is 1.20 bits per heavy atom. The smallest absolute Gasteiger partial charge is 0.334 e. The highest BCUT2D eigenvalue weighted by Gasteiger charge is 2.40. The van der Waals surface area contributed by atoms with Crippen LogP contribution in [0.3, 0.4) is 0 Å². The average Bonchev–Trinajstić information content (AvgIpc) is 2.54. The fourth-order valence-corrected chi connectivity index (χ4v) is 3.25. The van der Waals surface area contributed by atoms with Crippen molar-refractivity contribution in [3.63, 3.8) is 0 Å². The first-order valence-corrected chi connectivity index (χ1v) is 8.97. The van der Waals surface area contributed by atoms with Gasteiger partial charge in [-0.15, -0.1) is 0 Å². The van der Waals surface area contributed by atoms with Crippen LogP contribution < -0.4 is 0 Å². The van der Waals surface area contributed by atoms with Gasteiger partial charge in [0.1, 0.15) is 11.2 Å². The molecule has 0 aromatic heterocycles. The second kappa shape index (κ2) is 7.44. The molecule has 0 aromatic rings. The van der Waals surface area contributed by atoms with E-state index in [1.54, 1.807) is 26.0 Å². The molecule has 2 aliphatic heterocycles. The summed E-state index contributed by atoms with van der Waals surface area (Å²) >= 11 is 0. The number of aliphatic hydroxyl groups is 1. The number of carbonyl (C=O) groups excluding carboxylic acids is 1. The van der Waals surface area contributed by atoms with Crippen molar-refractivity contribution in [3.8, 4) is 0 Å². The molecule has 3 aliphatic rings. The van der Waals surface area contributed by atoms with Crippen molar-refractivity contribution in [3.05, 3.63) is 36.0 Å². The van der Waals surface area contributed by atoms with E-state index < -0.39 is 16.8 Å². The van der Waals surface area contributed by atoms with E-state index in [1.165, 1.54) is 0 Å². The molecular weight excluding hydrogens is 320 g/mol. The van der Waals surface area contributed by atoms with E-state index in [0.29, 0.717) is 37.7 Å². The molecule has 0 spiro atoms. The van der Waals surface area contributed by atoms with E-state index in [4.69, 9.17) is 4.74 Å². The number of carbonyl (C=O) groups is 1. The van der Waals surface area contributed by atoms with Gasteiger partial charge in [-0.2, -0.15) is 0 Å². The van der Waals surface area contributed by atoms with Crippen LogP contribution in [0.5, 0.6) is 0 Å². The maximum Gasteiger partial charge on any atom is 0.334 e. The van der Waals surface area contributed by atoms with Gasteiger partial charge < -0.3 is 9.84 Å². The second-order valence-electron chi connectivity index (χ2n) is 7.97. The van der Waals surface area contributed by atoms with Gasteiger partial charge in [0.05, 0.1) is 5.60 Å². The van der Waals surface area contributed by atoms with E-state index >= 15 is 0 Å². The molecular formula is C20H30O5. The van der Waals surface area contributed by atoms with Gasteiger partial charge in [0, 0.05) is 5.57 Å². The maximum absolute atomic E-state index is 12.5. The molecule has 0 radical (unpaired) electrons. The van der Waals surface area contributed by atoms with Gasteiger partial charge in [0.15, 0.2) is 0 Å². The number of rotatable bonds is 2. The van der Waals surface area contributed by atoms with Crippen LogP contribution in [0.15, 0.2) is 36.0 Å². The third-order valence-electron chi connectivity index (χ3n) is 5.27. The Morgan fingerprint density at radius 2 is 1.92 bits per heavy atom. The highest BCUT2D eigenvalue weighted by Crippen LogP contribution is 2.37. The number of hydrogen-bond acceptors (Lipinski definition) is 5. The third kappa shape index (κ3) is 4.81. The first-order valence-electron chi connectivity index (χ1n) is 8.97. The minimum atomic E-state index is -1.08. The monoisotopic (exact) mass is 350 g/mol. The van der Waals surface area contributed by atoms with Crippen molar-refractivity contribution in [1.82, 2.24) is 0 Å². The van der Waals surface area contributed by atoms with Crippen molar-refractivity contribution >= 4 is 5.97 Å². The Morgan fingerprint density at radius 3 is 2.52 bits per heavy atom. The Balaban J connectivity index is 2.40. The minimum Gasteiger partial charge on any atom is -0.451 e. The highest BCUT2D eigenvalue weighted by molar-refractivity contribution is 5.89. The lowest BCUT2D eigenvalue weighted by molar-refractivity contribution is -0.303. The number of ether oxygens (including phenoxy) is 1. The fraction of sp³-hybridized carbons (Fsp3) is 0.650. The second-order valence-corrected chi connectivity index (χ2v) is 7.97. The molecule has 2 heterocycles. The zero-order valence-electron chi connectivity index (χ0n) is 15.6. The van der Waals surface area contributed by atoms with Crippen LogP contribution in [0.25, 0.3) is 0 Å². The third-order valence-corrected chi connectivity index (χ3v) is 5.27. The Kier molecular flexibility index (Phi) is 5.92. The summed E-state index contributed by atoms with van der Waals surface area (Å²) in [6.45, 7) is 7.52. The van der Waals surface area contributed by atoms with Crippen LogP contribution in [0.2, 0.25) is 0 Å². The summed E-state index contributed by atoms with van der Waals surface area (Å²) in [4.78, 5) is 17.1. The Labute approximate surface area is 149 Å². The summed E-state index contributed by atoms with van der Waals surface area (Å²) in [7, 11) is 0. The normalized spacial score (nSPS) is 41.6. The van der Waals surface area contributed by atoms with Crippen LogP contribution in [0, 0.1) is 5.92 Å². The molecule has 5 heteroatoms. The predicted octanol–water partition coefficient (Wildman–Crippen LogP) is 3.94. The molecule has 1 saturated heterocycles. The van der Waals surface area contributed by atoms with Gasteiger partial charge >= 0.3 is 5.97 Å². The largest absolute Gasteiger partial charge is 0.451 e. The van der Waals surface area contributed by atoms with Crippen molar-refractivity contribution in [2.24, 2.45) is 5.92 Å². The molecule has 3 atom stereocenters. The van der Waals surface area contributed by atoms with Crippen molar-refractivity contribution < 1.29 is 24.8 Å². The van der Waals surface area contributed by atoms with Crippen LogP contribution in [-0.2, 0) is 14.4 Å². The number of esters is 1. The van der Waals surface area contributed by atoms with E-state index in [-0.39, 0.29) is 11.9 Å². The lowest BCUT2D eigenvalue weighted by Crippen LogP contribution is -2.43. The van der Waals surface area contributed by atoms with Gasteiger partial charge in [-0.3, -0.25) is 5.26 Å². The molecule has 25 heavy (non-hydrogen) atoms. The molecule has 0 amide bonds. The number of fused-ring (bicyclic) bond motifs is 9. The summed E-state index contributed by atoms with van der Waals surface area (Å²) < 4.78 is 5.81. The summed E-state index contributed by atoms with van der Waals surface area (Å²) in [6.07, 6.45) is 11.8. The summed E-state index contributed by atoms with van der Waals surface area (Å²) in [6, 6.07) is 0. The predicted molar refractivity (Wildman–Crippen MR) is 95.9 cm³/mol. The molecule has 1 fully saturated rings. The molecule has 0 unspecified atom stereocenters. The average molecular weight is 350 g/mol. The van der Waals surface area contributed by atoms with Gasteiger partial charge in [-0.1, -0.05) is 38.2 Å². The number of hydrogen-bond donors (Lipinski definition) is 2. The SMILES string of the molecule is CC(C)[C@]12/C=C/[C@](C)(O)C/C=C/[C@](C)(OO)CC/C=C(\CC1)C(=O)O2. The Hall–Kier alpha value is -1.43. The van der Waals surface area contributed by atoms with Crippen LogP contribution in [0.1, 0.15) is 59.8 Å². The van der Waals surface area contributed by atoms with Crippen molar-refractivity contribution in [1.29, 1.82) is 0 Å². The number of allylic oxidation sites excluding steroid dienone is 1. The maximum atomic E-state index is 12.5. The molecule has 0 aromatic carbocycles. The van der Waals surface area contributed by atoms with Crippen LogP contribution in [0.4, 0.5) is 0 Å².